The molecule has 0 bridgehead atoms. The number of tetrazole rings is 1. The van der Waals surface area contributed by atoms with E-state index in [-0.39, 0.29) is 13.0 Å². The Kier molecular flexibility index (Phi) is 4.79. The van der Waals surface area contributed by atoms with Gasteiger partial charge in [0, 0.05) is 12.3 Å². The molecule has 7 heteroatoms. The van der Waals surface area contributed by atoms with E-state index in [1.165, 1.54) is 0 Å². The Balaban J connectivity index is 1.88. The number of rotatable bonds is 6. The zero-order valence-electron chi connectivity index (χ0n) is 12.8. The summed E-state index contributed by atoms with van der Waals surface area (Å²) in [7, 11) is 0. The van der Waals surface area contributed by atoms with Gasteiger partial charge in [0.1, 0.15) is 0 Å². The minimum Gasteiger partial charge on any atom is -0.244 e. The summed E-state index contributed by atoms with van der Waals surface area (Å²) < 4.78 is 28.1. The number of hydrogen-bond donors (Lipinski definition) is 0. The molecule has 3 aromatic rings. The van der Waals surface area contributed by atoms with Crippen LogP contribution in [0.3, 0.4) is 0 Å². The Morgan fingerprint density at radius 1 is 0.917 bits per heavy atom. The molecule has 0 spiro atoms. The predicted octanol–water partition coefficient (Wildman–Crippen LogP) is 2.87. The molecule has 2 aromatic carbocycles. The van der Waals surface area contributed by atoms with E-state index in [2.05, 4.69) is 10.4 Å². The van der Waals surface area contributed by atoms with Crippen molar-refractivity contribution in [1.82, 2.24) is 19.8 Å². The highest BCUT2D eigenvalue weighted by molar-refractivity contribution is 5.29. The van der Waals surface area contributed by atoms with Gasteiger partial charge in [-0.2, -0.15) is 9.36 Å². The van der Waals surface area contributed by atoms with E-state index in [0.29, 0.717) is 5.69 Å². The first-order chi connectivity index (χ1) is 11.6. The van der Waals surface area contributed by atoms with Crippen LogP contribution in [-0.4, -0.2) is 26.2 Å². The molecular formula is C17H16F2N4O. The van der Waals surface area contributed by atoms with Gasteiger partial charge in [-0.3, -0.25) is 0 Å². The molecule has 0 saturated heterocycles. The van der Waals surface area contributed by atoms with Gasteiger partial charge >= 0.3 is 5.69 Å². The molecule has 0 amide bonds. The maximum atomic E-state index is 12.9. The van der Waals surface area contributed by atoms with Gasteiger partial charge in [0.2, 0.25) is 6.43 Å². The van der Waals surface area contributed by atoms with Gasteiger partial charge in [0.05, 0.1) is 12.2 Å². The fourth-order valence-corrected chi connectivity index (χ4v) is 2.59. The fourth-order valence-electron chi connectivity index (χ4n) is 2.59. The molecule has 0 aliphatic carbocycles. The van der Waals surface area contributed by atoms with Gasteiger partial charge in [-0.1, -0.05) is 48.5 Å². The van der Waals surface area contributed by atoms with Crippen molar-refractivity contribution in [3.8, 4) is 5.69 Å². The molecule has 1 atom stereocenters. The van der Waals surface area contributed by atoms with Crippen LogP contribution in [-0.2, 0) is 6.54 Å². The summed E-state index contributed by atoms with van der Waals surface area (Å²) >= 11 is 0. The van der Waals surface area contributed by atoms with E-state index in [0.717, 1.165) is 14.9 Å². The Hall–Kier alpha value is -2.83. The van der Waals surface area contributed by atoms with Crippen molar-refractivity contribution in [2.24, 2.45) is 0 Å². The second-order valence-electron chi connectivity index (χ2n) is 5.43. The number of aromatic nitrogens is 4. The first-order valence-electron chi connectivity index (χ1n) is 7.56. The Labute approximate surface area is 137 Å². The highest BCUT2D eigenvalue weighted by Crippen LogP contribution is 2.24. The summed E-state index contributed by atoms with van der Waals surface area (Å²) in [5, 5.41) is 7.68. The van der Waals surface area contributed by atoms with E-state index >= 15 is 0 Å². The minimum absolute atomic E-state index is 0.0556. The molecule has 1 unspecified atom stereocenters. The molecule has 0 saturated carbocycles. The van der Waals surface area contributed by atoms with Crippen molar-refractivity contribution >= 4 is 0 Å². The van der Waals surface area contributed by atoms with Crippen LogP contribution >= 0.6 is 0 Å². The van der Waals surface area contributed by atoms with Crippen LogP contribution in [0.1, 0.15) is 17.9 Å². The monoisotopic (exact) mass is 330 g/mol. The van der Waals surface area contributed by atoms with Crippen LogP contribution in [0.2, 0.25) is 0 Å². The summed E-state index contributed by atoms with van der Waals surface area (Å²) in [6, 6.07) is 17.8. The lowest BCUT2D eigenvalue weighted by atomic mass is 9.96. The summed E-state index contributed by atoms with van der Waals surface area (Å²) in [4.78, 5) is 12.4. The molecule has 1 aromatic heterocycles. The van der Waals surface area contributed by atoms with E-state index in [1.807, 2.05) is 12.1 Å². The van der Waals surface area contributed by atoms with E-state index in [4.69, 9.17) is 0 Å². The van der Waals surface area contributed by atoms with Crippen LogP contribution in [0.15, 0.2) is 65.5 Å². The minimum atomic E-state index is -2.46. The highest BCUT2D eigenvalue weighted by Gasteiger charge is 2.20. The average molecular weight is 330 g/mol. The molecule has 24 heavy (non-hydrogen) atoms. The maximum absolute atomic E-state index is 12.9. The second-order valence-corrected chi connectivity index (χ2v) is 5.43. The molecule has 5 nitrogen and oxygen atoms in total. The first-order valence-corrected chi connectivity index (χ1v) is 7.56. The summed E-state index contributed by atoms with van der Waals surface area (Å²) in [5.74, 6) is -0.509. The number of halogens is 2. The first kappa shape index (κ1) is 16.0. The van der Waals surface area contributed by atoms with Crippen molar-refractivity contribution in [3.05, 3.63) is 76.7 Å². The van der Waals surface area contributed by atoms with Crippen LogP contribution in [0.4, 0.5) is 8.78 Å². The van der Waals surface area contributed by atoms with E-state index in [9.17, 15) is 13.6 Å². The number of nitrogens with zero attached hydrogens (tertiary/aromatic N) is 4. The van der Waals surface area contributed by atoms with Gasteiger partial charge in [-0.15, -0.1) is 0 Å². The van der Waals surface area contributed by atoms with E-state index < -0.39 is 18.0 Å². The van der Waals surface area contributed by atoms with Crippen LogP contribution in [0, 0.1) is 0 Å². The largest absolute Gasteiger partial charge is 0.368 e. The number of benzene rings is 2. The van der Waals surface area contributed by atoms with Gasteiger partial charge in [-0.25, -0.2) is 13.6 Å². The lowest BCUT2D eigenvalue weighted by Gasteiger charge is -2.16. The predicted molar refractivity (Wildman–Crippen MR) is 85.4 cm³/mol. The van der Waals surface area contributed by atoms with Crippen LogP contribution < -0.4 is 5.69 Å². The van der Waals surface area contributed by atoms with Crippen molar-refractivity contribution in [2.45, 2.75) is 25.3 Å². The normalized spacial score (nSPS) is 12.5. The maximum Gasteiger partial charge on any atom is 0.368 e. The molecule has 0 radical (unpaired) electrons. The highest BCUT2D eigenvalue weighted by atomic mass is 19.3. The molecule has 0 aliphatic heterocycles. The molecule has 0 fully saturated rings. The quantitative estimate of drug-likeness (QED) is 0.698. The summed E-state index contributed by atoms with van der Waals surface area (Å²) in [5.41, 5.74) is 0.884. The molecule has 0 N–H and O–H groups in total. The van der Waals surface area contributed by atoms with Crippen LogP contribution in [0.25, 0.3) is 5.69 Å². The van der Waals surface area contributed by atoms with Crippen molar-refractivity contribution in [2.75, 3.05) is 0 Å². The van der Waals surface area contributed by atoms with Gasteiger partial charge in [-0.05, 0) is 28.1 Å². The number of para-hydroxylation sites is 1. The van der Waals surface area contributed by atoms with E-state index in [1.54, 1.807) is 48.5 Å². The standard InChI is InChI=1S/C17H16F2N4O/c18-16(19)11-14(13-7-3-1-4-8-13)12-22-17(24)23(21-20-22)15-9-5-2-6-10-15/h1-10,14,16H,11-12H2. The number of hydrogen-bond acceptors (Lipinski definition) is 3. The smallest absolute Gasteiger partial charge is 0.244 e. The third-order valence-corrected chi connectivity index (χ3v) is 3.77. The molecule has 0 aliphatic rings. The Morgan fingerprint density at radius 2 is 1.54 bits per heavy atom. The third-order valence-electron chi connectivity index (χ3n) is 3.77. The summed E-state index contributed by atoms with van der Waals surface area (Å²) in [6.07, 6.45) is -2.80. The van der Waals surface area contributed by atoms with Gasteiger partial charge in [0.15, 0.2) is 0 Å². The van der Waals surface area contributed by atoms with Crippen LogP contribution in [0.5, 0.6) is 0 Å². The third kappa shape index (κ3) is 3.56. The molecule has 1 heterocycles. The Morgan fingerprint density at radius 3 is 2.17 bits per heavy atom. The van der Waals surface area contributed by atoms with Crippen molar-refractivity contribution in [1.29, 1.82) is 0 Å². The molecule has 3 rings (SSSR count). The average Bonchev–Trinajstić information content (AvgIpc) is 2.96. The molecular weight excluding hydrogens is 314 g/mol. The summed E-state index contributed by atoms with van der Waals surface area (Å²) in [6.45, 7) is 0.0556. The fraction of sp³-hybridized carbons (Fsp3) is 0.235. The lowest BCUT2D eigenvalue weighted by molar-refractivity contribution is 0.124. The number of alkyl halides is 2. The Bertz CT molecular complexity index is 831. The van der Waals surface area contributed by atoms with Crippen molar-refractivity contribution < 1.29 is 8.78 Å². The van der Waals surface area contributed by atoms with Gasteiger partial charge in [0.25, 0.3) is 0 Å². The topological polar surface area (TPSA) is 52.7 Å². The lowest BCUT2D eigenvalue weighted by Crippen LogP contribution is -2.27. The zero-order chi connectivity index (χ0) is 16.9. The second kappa shape index (κ2) is 7.16. The van der Waals surface area contributed by atoms with Gasteiger partial charge < -0.3 is 0 Å². The zero-order valence-corrected chi connectivity index (χ0v) is 12.8. The van der Waals surface area contributed by atoms with Crippen molar-refractivity contribution in [3.63, 3.8) is 0 Å². The molecule has 124 valence electrons. The SMILES string of the molecule is O=c1n(CC(CC(F)F)c2ccccc2)nnn1-c1ccccc1.